The van der Waals surface area contributed by atoms with Gasteiger partial charge in [0, 0.05) is 38.4 Å². The third-order valence-corrected chi connectivity index (χ3v) is 17.2. The summed E-state index contributed by atoms with van der Waals surface area (Å²) in [6.07, 6.45) is 5.02. The number of ketones is 5. The van der Waals surface area contributed by atoms with Gasteiger partial charge in [0.25, 0.3) is 9.84 Å². The number of rotatable bonds is 6. The van der Waals surface area contributed by atoms with Crippen molar-refractivity contribution in [2.75, 3.05) is 6.26 Å². The molecule has 16 nitrogen and oxygen atoms in total. The van der Waals surface area contributed by atoms with Gasteiger partial charge in [0.15, 0.2) is 67.9 Å². The highest BCUT2D eigenvalue weighted by atomic mass is 32.2. The quantitative estimate of drug-likeness (QED) is 0.0835. The summed E-state index contributed by atoms with van der Waals surface area (Å²) in [5.41, 5.74) is -12.3. The molecule has 0 aromatic carbocycles. The number of allylic oxidation sites excluding steroid dienone is 13. The molecule has 0 heterocycles. The van der Waals surface area contributed by atoms with Crippen molar-refractivity contribution >= 4 is 85.3 Å². The Labute approximate surface area is 461 Å². The maximum Gasteiger partial charge on any atom is 0.501 e. The number of Topliss-reactive ketones (excluding diaryl/α,β-unsaturated/α-hetero) is 5. The van der Waals surface area contributed by atoms with E-state index in [2.05, 4.69) is 12.4 Å². The highest BCUT2D eigenvalue weighted by Gasteiger charge is 2.53. The number of carbonyl (C=O) groups excluding carboxylic acids is 5. The van der Waals surface area contributed by atoms with Crippen LogP contribution in [0.4, 0.5) is 52.7 Å². The van der Waals surface area contributed by atoms with Crippen molar-refractivity contribution < 1.29 is 128 Å². The minimum absolute atomic E-state index is 0.0736. The van der Waals surface area contributed by atoms with Gasteiger partial charge in [-0.3, -0.25) is 28.2 Å². The molecule has 0 amide bonds. The lowest BCUT2D eigenvalue weighted by Crippen LogP contribution is -2.33. The van der Waals surface area contributed by atoms with Crippen molar-refractivity contribution in [3.63, 3.8) is 0 Å². The largest absolute Gasteiger partial charge is 0.501 e. The van der Waals surface area contributed by atoms with Gasteiger partial charge in [-0.05, 0) is 122 Å². The van der Waals surface area contributed by atoms with E-state index in [0.717, 1.165) is 19.1 Å². The summed E-state index contributed by atoms with van der Waals surface area (Å²) in [6.45, 7) is 9.92. The minimum Gasteiger partial charge on any atom is -0.423 e. The van der Waals surface area contributed by atoms with Gasteiger partial charge in [-0.25, -0.2) is 43.2 Å². The Morgan fingerprint density at radius 3 is 1.19 bits per heavy atom. The molecule has 0 saturated carbocycles. The maximum atomic E-state index is 13.4. The van der Waals surface area contributed by atoms with E-state index in [9.17, 15) is 97.7 Å². The van der Waals surface area contributed by atoms with Gasteiger partial charge < -0.3 is 30.1 Å². The van der Waals surface area contributed by atoms with E-state index in [1.54, 1.807) is 13.8 Å². The van der Waals surface area contributed by atoms with Crippen molar-refractivity contribution in [1.82, 2.24) is 0 Å². The van der Waals surface area contributed by atoms with Crippen molar-refractivity contribution in [2.45, 2.75) is 154 Å². The van der Waals surface area contributed by atoms with E-state index >= 15 is 0 Å². The second-order valence-corrected chi connectivity index (χ2v) is 26.9. The highest BCUT2D eigenvalue weighted by Crippen LogP contribution is 2.44. The van der Waals surface area contributed by atoms with Crippen LogP contribution in [-0.4, -0.2) is 125 Å². The molecule has 0 spiro atoms. The van der Waals surface area contributed by atoms with Crippen LogP contribution in [0.15, 0.2) is 78.2 Å². The van der Waals surface area contributed by atoms with Crippen LogP contribution in [-0.2, 0) is 53.2 Å². The fraction of sp³-hybridized carbons (Fsp3) is 0.574. The first kappa shape index (κ1) is 74.6. The molecule has 6 N–H and O–H groups in total. The van der Waals surface area contributed by atoms with E-state index < -0.39 is 147 Å². The molecule has 456 valence electrons. The molecular weight excluding hydrogens is 1180 g/mol. The summed E-state index contributed by atoms with van der Waals surface area (Å²) in [5.74, 6) is -8.44. The van der Waals surface area contributed by atoms with E-state index in [0.29, 0.717) is 37.7 Å². The zero-order valence-corrected chi connectivity index (χ0v) is 46.8. The topological polar surface area (TPSA) is 292 Å². The molecule has 0 aromatic rings. The highest BCUT2D eigenvalue weighted by molar-refractivity contribution is 8.04. The van der Waals surface area contributed by atoms with Crippen LogP contribution in [0, 0.1) is 10.8 Å². The Hall–Kier alpha value is -4.44. The van der Waals surface area contributed by atoms with Gasteiger partial charge in [-0.2, -0.15) is 26.3 Å². The van der Waals surface area contributed by atoms with Gasteiger partial charge >= 0.3 is 32.4 Å². The van der Waals surface area contributed by atoms with Crippen molar-refractivity contribution in [2.24, 2.45) is 10.8 Å². The molecule has 6 rings (SSSR count). The monoisotopic (exact) mass is 1240 g/mol. The molecule has 34 heteroatoms. The minimum atomic E-state index is -5.77. The first-order valence-electron chi connectivity index (χ1n) is 24.3. The summed E-state index contributed by atoms with van der Waals surface area (Å²) in [6, 6.07) is 0. The fourth-order valence-corrected chi connectivity index (χ4v) is 11.4. The van der Waals surface area contributed by atoms with Gasteiger partial charge in [0.1, 0.15) is 5.83 Å². The van der Waals surface area contributed by atoms with E-state index in [4.69, 9.17) is 30.1 Å². The third kappa shape index (κ3) is 21.6. The Morgan fingerprint density at radius 1 is 0.420 bits per heavy atom. The molecule has 6 aliphatic rings. The maximum absolute atomic E-state index is 13.4. The summed E-state index contributed by atoms with van der Waals surface area (Å²) in [7, 11) is -19.4. The van der Waals surface area contributed by atoms with Crippen molar-refractivity contribution in [1.29, 1.82) is 0 Å². The lowest BCUT2D eigenvalue weighted by molar-refractivity contribution is -0.120. The van der Waals surface area contributed by atoms with Gasteiger partial charge in [0.05, 0.1) is 24.2 Å². The Morgan fingerprint density at radius 2 is 0.753 bits per heavy atom. The normalized spacial score (nSPS) is 21.1. The van der Waals surface area contributed by atoms with Crippen molar-refractivity contribution in [3.05, 3.63) is 78.2 Å². The number of halogens is 12. The molecule has 81 heavy (non-hydrogen) atoms. The summed E-state index contributed by atoms with van der Waals surface area (Å²) < 4.78 is 208. The zero-order chi connectivity index (χ0) is 63.4. The second-order valence-electron chi connectivity index (χ2n) is 20.6. The van der Waals surface area contributed by atoms with Crippen LogP contribution in [0.5, 0.6) is 0 Å². The van der Waals surface area contributed by atoms with Gasteiger partial charge in [-0.15, -0.1) is 0 Å². The van der Waals surface area contributed by atoms with Gasteiger partial charge in [0.2, 0.25) is 0 Å². The second kappa shape index (κ2) is 29.9. The first-order chi connectivity index (χ1) is 36.6. The van der Waals surface area contributed by atoms with E-state index in [1.807, 2.05) is 0 Å². The molecular formula is C47H61B3F12O16S3. The average Bonchev–Trinajstić information content (AvgIpc) is 3.63. The molecule has 0 aliphatic heterocycles. The standard InChI is InChI=1S/C9H10F4O3S.C9H13FO2S.C8H12BFO3.C8H8F4O2S.C7H10BFO3.C6H8BFO3/c1-8(2)3-5(14)7(10)6(4-8)17(15,16)9(11,12)13;1-7-5-3-4-6-8(9(7)10)13(2,11)12;1-8(2)3-5(9(12)13)7(10)6(11)4-8;1-15(14,8(10,11)12)6-4-2-3-5(13)7(6)9;9-7-5(8(11)12)3-1-2-4-6(7)10;8-6-4(7(10)11)2-1-3-5(6)9/h3-4H2,1-2H3;1,3-6H2,2H3;12-13H,3-4H2,1-2H3;1-4H2;11-12H,1-4H2;10-11H,1-3H2. The summed E-state index contributed by atoms with van der Waals surface area (Å²) >= 11 is 0. The predicted molar refractivity (Wildman–Crippen MR) is 275 cm³/mol. The Kier molecular flexibility index (Phi) is 27.5. The third-order valence-electron chi connectivity index (χ3n) is 12.4. The number of hydrogen-bond donors (Lipinski definition) is 6. The van der Waals surface area contributed by atoms with Crippen molar-refractivity contribution in [3.8, 4) is 0 Å². The van der Waals surface area contributed by atoms with Crippen LogP contribution in [0.25, 0.3) is 0 Å². The Bertz CT molecular complexity index is 2970. The number of alkyl halides is 6. The van der Waals surface area contributed by atoms with Gasteiger partial charge in [-0.1, -0.05) is 34.3 Å². The lowest BCUT2D eigenvalue weighted by atomic mass is 9.65. The van der Waals surface area contributed by atoms with Crippen LogP contribution < -0.4 is 0 Å². The van der Waals surface area contributed by atoms with Crippen LogP contribution in [0.1, 0.15) is 143 Å². The number of sulfone groups is 2. The van der Waals surface area contributed by atoms with Crippen LogP contribution in [0.2, 0.25) is 0 Å². The van der Waals surface area contributed by atoms with E-state index in [1.165, 1.54) is 13.8 Å². The van der Waals surface area contributed by atoms with E-state index in [-0.39, 0.29) is 90.9 Å². The molecule has 0 fully saturated rings. The predicted octanol–water partition coefficient (Wildman–Crippen LogP) is 7.94. The molecule has 0 bridgehead atoms. The SMILES string of the molecule is C=C1CCCCC(S(C)(=O)=O)=C1F.C=S(=O)(C1=C(F)C(=O)CCC1)C(F)(F)F.CC1(C)CC(=O)C(F)=C(B(O)O)C1.CC1(C)CC(=O)C(F)=C(S(=O)(=O)C(F)(F)F)C1.O=C1CCCC(B(O)O)=C1F.O=C1CCCCC(B(O)O)=C1F. The average molecular weight is 1240 g/mol. The summed E-state index contributed by atoms with van der Waals surface area (Å²) in [5, 5.41) is 52.1. The summed E-state index contributed by atoms with van der Waals surface area (Å²) in [4.78, 5) is 52.0. The molecule has 1 atom stereocenters. The zero-order valence-electron chi connectivity index (χ0n) is 44.4. The van der Waals surface area contributed by atoms with Crippen LogP contribution in [0.3, 0.4) is 0 Å². The Balaban J connectivity index is 0.000000489. The lowest BCUT2D eigenvalue weighted by Gasteiger charge is -2.29. The smallest absolute Gasteiger partial charge is 0.423 e. The number of hydrogen-bond acceptors (Lipinski definition) is 16. The number of carbonyl (C=O) groups is 5. The fourth-order valence-electron chi connectivity index (χ4n) is 8.09. The molecule has 0 aromatic heterocycles. The molecule has 0 radical (unpaired) electrons. The van der Waals surface area contributed by atoms with Crippen LogP contribution >= 0.6 is 0 Å². The first-order valence-corrected chi connectivity index (χ1v) is 29.4. The molecule has 0 saturated heterocycles. The molecule has 6 aliphatic carbocycles. The molecule has 1 unspecified atom stereocenters.